The fraction of sp³-hybridized carbons (Fsp3) is 0.682. The monoisotopic (exact) mass is 641 g/mol. The number of hydrogen-bond donors (Lipinski definition) is 4. The Balaban J connectivity index is 1.73. The highest BCUT2D eigenvalue weighted by atomic mass is 35.5. The lowest BCUT2D eigenvalue weighted by Gasteiger charge is -2.23. The summed E-state index contributed by atoms with van der Waals surface area (Å²) in [6.07, 6.45) is -4.42. The van der Waals surface area contributed by atoms with Gasteiger partial charge in [0.15, 0.2) is 22.8 Å². The van der Waals surface area contributed by atoms with E-state index in [2.05, 4.69) is 20.0 Å². The van der Waals surface area contributed by atoms with Crippen LogP contribution in [0.3, 0.4) is 0 Å². The number of alkyl halides is 2. The molecule has 41 heavy (non-hydrogen) atoms. The standard InChI is InChI=1S/C22H34ClFN7O8PS/c1-11(2)38-13(32)8-28-40(35,36-6-7-41-19(34)21(3,4)5)37-9-12-15(33)22(23,24)18(39-12)31-10-27-14-16(25)29-20(26)30-17(14)31/h10-12,15,18,33H,6-9H2,1-5H3,(H,28,35)(H4,25,26,29,30). The van der Waals surface area contributed by atoms with E-state index in [0.29, 0.717) is 0 Å². The number of halogens is 2. The van der Waals surface area contributed by atoms with E-state index in [1.807, 2.05) is 0 Å². The highest BCUT2D eigenvalue weighted by molar-refractivity contribution is 8.13. The summed E-state index contributed by atoms with van der Waals surface area (Å²) in [5.41, 5.74) is 11.0. The predicted octanol–water partition coefficient (Wildman–Crippen LogP) is 2.14. The molecule has 5 atom stereocenters. The molecule has 0 spiro atoms. The van der Waals surface area contributed by atoms with E-state index in [1.54, 1.807) is 34.6 Å². The minimum Gasteiger partial charge on any atom is -0.462 e. The molecule has 1 aliphatic rings. The Labute approximate surface area is 244 Å². The summed E-state index contributed by atoms with van der Waals surface area (Å²) in [5, 5.41) is 9.98. The summed E-state index contributed by atoms with van der Waals surface area (Å²) < 4.78 is 51.6. The van der Waals surface area contributed by atoms with Crippen LogP contribution in [-0.4, -0.2) is 84.7 Å². The Morgan fingerprint density at radius 1 is 1.34 bits per heavy atom. The van der Waals surface area contributed by atoms with Crippen molar-refractivity contribution in [3.63, 3.8) is 0 Å². The molecule has 5 unspecified atom stereocenters. The van der Waals surface area contributed by atoms with Crippen molar-refractivity contribution < 1.29 is 42.2 Å². The average Bonchev–Trinajstić information content (AvgIpc) is 3.36. The van der Waals surface area contributed by atoms with Crippen molar-refractivity contribution in [1.29, 1.82) is 0 Å². The second kappa shape index (κ2) is 13.0. The number of aromatic nitrogens is 4. The molecule has 2 aromatic heterocycles. The lowest BCUT2D eigenvalue weighted by Crippen LogP contribution is -2.39. The van der Waals surface area contributed by atoms with Gasteiger partial charge in [-0.15, -0.1) is 0 Å². The second-order valence-electron chi connectivity index (χ2n) is 10.3. The molecule has 1 fully saturated rings. The number of imidazole rings is 1. The van der Waals surface area contributed by atoms with Gasteiger partial charge in [-0.3, -0.25) is 23.2 Å². The highest BCUT2D eigenvalue weighted by Crippen LogP contribution is 2.49. The number of hydrogen-bond acceptors (Lipinski definition) is 14. The van der Waals surface area contributed by atoms with E-state index in [0.717, 1.165) is 22.7 Å². The molecule has 2 aromatic rings. The number of fused-ring (bicyclic) bond motifs is 1. The Morgan fingerprint density at radius 3 is 2.66 bits per heavy atom. The van der Waals surface area contributed by atoms with Crippen LogP contribution in [0.5, 0.6) is 0 Å². The number of nitrogen functional groups attached to an aromatic ring is 2. The number of rotatable bonds is 12. The van der Waals surface area contributed by atoms with Gasteiger partial charge in [0.1, 0.15) is 24.3 Å². The summed E-state index contributed by atoms with van der Waals surface area (Å²) in [7, 11) is -4.27. The van der Waals surface area contributed by atoms with Crippen LogP contribution in [0, 0.1) is 5.41 Å². The molecule has 19 heteroatoms. The van der Waals surface area contributed by atoms with Crippen LogP contribution in [0.4, 0.5) is 16.2 Å². The maximum Gasteiger partial charge on any atom is 0.406 e. The van der Waals surface area contributed by atoms with Crippen LogP contribution in [0.25, 0.3) is 11.2 Å². The number of aliphatic hydroxyl groups excluding tert-OH is 1. The molecule has 1 aliphatic heterocycles. The number of esters is 1. The van der Waals surface area contributed by atoms with E-state index in [-0.39, 0.29) is 40.4 Å². The summed E-state index contributed by atoms with van der Waals surface area (Å²) >= 11 is 7.03. The third-order valence-corrected chi connectivity index (χ3v) is 8.69. The maximum atomic E-state index is 15.6. The minimum atomic E-state index is -4.27. The number of thioether (sulfide) groups is 1. The summed E-state index contributed by atoms with van der Waals surface area (Å²) in [6, 6.07) is 0. The van der Waals surface area contributed by atoms with Gasteiger partial charge in [0.25, 0.3) is 5.13 Å². The number of ether oxygens (including phenoxy) is 2. The fourth-order valence-corrected chi connectivity index (χ4v) is 5.97. The third-order valence-electron chi connectivity index (χ3n) is 5.48. The van der Waals surface area contributed by atoms with Gasteiger partial charge in [-0.2, -0.15) is 9.97 Å². The van der Waals surface area contributed by atoms with Crippen molar-refractivity contribution >= 4 is 65.1 Å². The Bertz CT molecular complexity index is 1310. The molecule has 1 saturated heterocycles. The van der Waals surface area contributed by atoms with Gasteiger partial charge in [-0.25, -0.2) is 19.0 Å². The normalized spacial score (nSPS) is 24.6. The number of nitrogens with one attached hydrogen (secondary N) is 1. The second-order valence-corrected chi connectivity index (χ2v) is 13.8. The molecule has 0 radical (unpaired) electrons. The van der Waals surface area contributed by atoms with Gasteiger partial charge in [0.2, 0.25) is 5.95 Å². The van der Waals surface area contributed by atoms with Gasteiger partial charge in [0.05, 0.1) is 25.6 Å². The van der Waals surface area contributed by atoms with Crippen molar-refractivity contribution in [3.05, 3.63) is 6.33 Å². The number of nitrogens with zero attached hydrogens (tertiary/aromatic N) is 4. The Kier molecular flexibility index (Phi) is 10.6. The van der Waals surface area contributed by atoms with E-state index in [4.69, 9.17) is 41.6 Å². The van der Waals surface area contributed by atoms with Crippen LogP contribution < -0.4 is 16.6 Å². The maximum absolute atomic E-state index is 15.6. The quantitative estimate of drug-likeness (QED) is 0.113. The molecule has 3 heterocycles. The average molecular weight is 642 g/mol. The molecular weight excluding hydrogens is 608 g/mol. The van der Waals surface area contributed by atoms with E-state index in [1.165, 1.54) is 0 Å². The molecule has 0 bridgehead atoms. The first-order chi connectivity index (χ1) is 18.9. The van der Waals surface area contributed by atoms with Gasteiger partial charge in [-0.05, 0) is 13.8 Å². The lowest BCUT2D eigenvalue weighted by atomic mass is 10.00. The first-order valence-electron chi connectivity index (χ1n) is 12.4. The zero-order valence-electron chi connectivity index (χ0n) is 23.1. The third kappa shape index (κ3) is 8.26. The lowest BCUT2D eigenvalue weighted by molar-refractivity contribution is -0.146. The summed E-state index contributed by atoms with van der Waals surface area (Å²) in [4.78, 5) is 36.0. The van der Waals surface area contributed by atoms with Gasteiger partial charge >= 0.3 is 13.7 Å². The van der Waals surface area contributed by atoms with Gasteiger partial charge < -0.3 is 26.0 Å². The Hall–Kier alpha value is -2.11. The molecule has 15 nitrogen and oxygen atoms in total. The van der Waals surface area contributed by atoms with E-state index < -0.39 is 62.0 Å². The number of anilines is 2. The van der Waals surface area contributed by atoms with Crippen molar-refractivity contribution in [3.8, 4) is 0 Å². The number of carbonyl (C=O) groups is 2. The largest absolute Gasteiger partial charge is 0.462 e. The van der Waals surface area contributed by atoms with Crippen LogP contribution in [0.1, 0.15) is 40.8 Å². The smallest absolute Gasteiger partial charge is 0.406 e. The fourth-order valence-electron chi connectivity index (χ4n) is 3.51. The zero-order chi connectivity index (χ0) is 30.8. The van der Waals surface area contributed by atoms with E-state index in [9.17, 15) is 19.3 Å². The SMILES string of the molecule is CC(C)OC(=O)CNP(=O)(OCCSC(=O)C(C)(C)C)OCC1OC(n2cnc3c(N)nc(N)nc32)C(F)(Cl)C1O. The van der Waals surface area contributed by atoms with Gasteiger partial charge in [0, 0.05) is 11.2 Å². The van der Waals surface area contributed by atoms with Crippen molar-refractivity contribution in [2.75, 3.05) is 37.0 Å². The van der Waals surface area contributed by atoms with Crippen molar-refractivity contribution in [2.45, 2.75) is 64.3 Å². The topological polar surface area (TPSA) is 216 Å². The Morgan fingerprint density at radius 2 is 2.02 bits per heavy atom. The van der Waals surface area contributed by atoms with Crippen LogP contribution in [0.15, 0.2) is 6.33 Å². The predicted molar refractivity (Wildman–Crippen MR) is 149 cm³/mol. The number of carbonyl (C=O) groups excluding carboxylic acids is 2. The molecule has 6 N–H and O–H groups in total. The van der Waals surface area contributed by atoms with E-state index >= 15 is 4.39 Å². The molecule has 0 aromatic carbocycles. The minimum absolute atomic E-state index is 0.00177. The molecule has 0 aliphatic carbocycles. The molecule has 230 valence electrons. The molecule has 0 saturated carbocycles. The van der Waals surface area contributed by atoms with Crippen molar-refractivity contribution in [2.24, 2.45) is 5.41 Å². The van der Waals surface area contributed by atoms with Crippen LogP contribution in [0.2, 0.25) is 0 Å². The molecule has 0 amide bonds. The molecule has 3 rings (SSSR count). The first-order valence-corrected chi connectivity index (χ1v) is 15.3. The molecular formula is C22H34ClFN7O8PS. The highest BCUT2D eigenvalue weighted by Gasteiger charge is 2.58. The van der Waals surface area contributed by atoms with Gasteiger partial charge in [-0.1, -0.05) is 44.1 Å². The van der Waals surface area contributed by atoms with Crippen LogP contribution >= 0.6 is 31.1 Å². The summed E-state index contributed by atoms with van der Waals surface area (Å²) in [5.74, 6) is -0.885. The zero-order valence-corrected chi connectivity index (χ0v) is 25.5. The first kappa shape index (κ1) is 33.4. The number of nitrogens with two attached hydrogens (primary N) is 2. The summed E-state index contributed by atoms with van der Waals surface area (Å²) in [6.45, 7) is 7.09. The van der Waals surface area contributed by atoms with Crippen molar-refractivity contribution in [1.82, 2.24) is 24.6 Å². The van der Waals surface area contributed by atoms with Crippen LogP contribution in [-0.2, 0) is 32.7 Å². The number of aliphatic hydroxyl groups is 1.